The van der Waals surface area contributed by atoms with Crippen molar-refractivity contribution < 1.29 is 22.7 Å². The van der Waals surface area contributed by atoms with E-state index in [0.717, 1.165) is 18.4 Å². The SMILES string of the molecule is CCCCNC(=O)CN(C)Cc1ccc(OC(F)(F)F)cc1. The highest BCUT2D eigenvalue weighted by molar-refractivity contribution is 5.77. The highest BCUT2D eigenvalue weighted by Crippen LogP contribution is 2.22. The first kappa shape index (κ1) is 18.3. The Balaban J connectivity index is 2.41. The van der Waals surface area contributed by atoms with Crippen molar-refractivity contribution in [2.45, 2.75) is 32.7 Å². The Morgan fingerprint density at radius 3 is 2.45 bits per heavy atom. The molecule has 22 heavy (non-hydrogen) atoms. The minimum Gasteiger partial charge on any atom is -0.406 e. The topological polar surface area (TPSA) is 41.6 Å². The molecule has 1 N–H and O–H groups in total. The van der Waals surface area contributed by atoms with Gasteiger partial charge in [0.1, 0.15) is 5.75 Å². The van der Waals surface area contributed by atoms with Gasteiger partial charge in [0.05, 0.1) is 6.54 Å². The number of nitrogens with zero attached hydrogens (tertiary/aromatic N) is 1. The fourth-order valence-electron chi connectivity index (χ4n) is 1.87. The maximum absolute atomic E-state index is 12.0. The van der Waals surface area contributed by atoms with Crippen LogP contribution in [0, 0.1) is 0 Å². The van der Waals surface area contributed by atoms with Crippen LogP contribution in [-0.4, -0.2) is 37.3 Å². The first-order valence-electron chi connectivity index (χ1n) is 7.10. The van der Waals surface area contributed by atoms with E-state index in [1.165, 1.54) is 12.1 Å². The third kappa shape index (κ3) is 7.87. The summed E-state index contributed by atoms with van der Waals surface area (Å²) >= 11 is 0. The molecule has 0 unspecified atom stereocenters. The summed E-state index contributed by atoms with van der Waals surface area (Å²) in [6, 6.07) is 5.62. The number of nitrogens with one attached hydrogen (secondary N) is 1. The molecule has 0 radical (unpaired) electrons. The molecule has 0 aliphatic rings. The monoisotopic (exact) mass is 318 g/mol. The fraction of sp³-hybridized carbons (Fsp3) is 0.533. The van der Waals surface area contributed by atoms with Crippen LogP contribution < -0.4 is 10.1 Å². The maximum atomic E-state index is 12.0. The first-order chi connectivity index (χ1) is 10.3. The largest absolute Gasteiger partial charge is 0.573 e. The predicted octanol–water partition coefficient (Wildman–Crippen LogP) is 2.93. The first-order valence-corrected chi connectivity index (χ1v) is 7.10. The van der Waals surface area contributed by atoms with Crippen molar-refractivity contribution in [2.24, 2.45) is 0 Å². The third-order valence-corrected chi connectivity index (χ3v) is 2.88. The molecule has 0 spiro atoms. The van der Waals surface area contributed by atoms with Crippen LogP contribution in [0.3, 0.4) is 0 Å². The van der Waals surface area contributed by atoms with E-state index in [0.29, 0.717) is 13.1 Å². The number of alkyl halides is 3. The normalized spacial score (nSPS) is 11.5. The van der Waals surface area contributed by atoms with E-state index >= 15 is 0 Å². The van der Waals surface area contributed by atoms with Crippen LogP contribution in [0.15, 0.2) is 24.3 Å². The van der Waals surface area contributed by atoms with Crippen molar-refractivity contribution in [1.29, 1.82) is 0 Å². The average Bonchev–Trinajstić information content (AvgIpc) is 2.39. The maximum Gasteiger partial charge on any atom is 0.573 e. The molecule has 1 aromatic rings. The van der Waals surface area contributed by atoms with E-state index in [1.54, 1.807) is 24.1 Å². The van der Waals surface area contributed by atoms with E-state index in [2.05, 4.69) is 10.1 Å². The lowest BCUT2D eigenvalue weighted by atomic mass is 10.2. The lowest BCUT2D eigenvalue weighted by Crippen LogP contribution is -2.35. The van der Waals surface area contributed by atoms with Gasteiger partial charge in [-0.25, -0.2) is 0 Å². The highest BCUT2D eigenvalue weighted by atomic mass is 19.4. The summed E-state index contributed by atoms with van der Waals surface area (Å²) in [5.41, 5.74) is 0.804. The summed E-state index contributed by atoms with van der Waals surface area (Å²) in [6.07, 6.45) is -2.73. The van der Waals surface area contributed by atoms with Gasteiger partial charge < -0.3 is 10.1 Å². The number of carbonyl (C=O) groups is 1. The molecular weight excluding hydrogens is 297 g/mol. The number of unbranched alkanes of at least 4 members (excludes halogenated alkanes) is 1. The van der Waals surface area contributed by atoms with Crippen molar-refractivity contribution in [2.75, 3.05) is 20.1 Å². The number of amides is 1. The van der Waals surface area contributed by atoms with Gasteiger partial charge >= 0.3 is 6.36 Å². The summed E-state index contributed by atoms with van der Waals surface area (Å²) in [5.74, 6) is -0.316. The van der Waals surface area contributed by atoms with Gasteiger partial charge in [-0.15, -0.1) is 13.2 Å². The Hall–Kier alpha value is -1.76. The zero-order valence-corrected chi connectivity index (χ0v) is 12.7. The zero-order chi connectivity index (χ0) is 16.6. The fourth-order valence-corrected chi connectivity index (χ4v) is 1.87. The number of hydrogen-bond donors (Lipinski definition) is 1. The number of ether oxygens (including phenoxy) is 1. The van der Waals surface area contributed by atoms with Gasteiger partial charge in [-0.05, 0) is 31.2 Å². The third-order valence-electron chi connectivity index (χ3n) is 2.88. The molecule has 0 aliphatic heterocycles. The molecule has 1 amide bonds. The van der Waals surface area contributed by atoms with Crippen LogP contribution in [0.2, 0.25) is 0 Å². The molecule has 4 nitrogen and oxygen atoms in total. The van der Waals surface area contributed by atoms with Gasteiger partial charge in [-0.2, -0.15) is 0 Å². The quantitative estimate of drug-likeness (QED) is 0.749. The van der Waals surface area contributed by atoms with Gasteiger partial charge in [0.2, 0.25) is 5.91 Å². The average molecular weight is 318 g/mol. The predicted molar refractivity (Wildman–Crippen MR) is 77.4 cm³/mol. The van der Waals surface area contributed by atoms with E-state index in [-0.39, 0.29) is 18.2 Å². The Bertz CT molecular complexity index is 461. The molecule has 0 aliphatic carbocycles. The van der Waals surface area contributed by atoms with Gasteiger partial charge in [0, 0.05) is 13.1 Å². The van der Waals surface area contributed by atoms with E-state index in [4.69, 9.17) is 0 Å². The Labute approximate surface area is 128 Å². The van der Waals surface area contributed by atoms with Crippen LogP contribution in [0.4, 0.5) is 13.2 Å². The van der Waals surface area contributed by atoms with Crippen LogP contribution >= 0.6 is 0 Å². The summed E-state index contributed by atoms with van der Waals surface area (Å²) in [6.45, 7) is 3.41. The number of benzene rings is 1. The van der Waals surface area contributed by atoms with E-state index in [9.17, 15) is 18.0 Å². The minimum absolute atomic E-state index is 0.0621. The van der Waals surface area contributed by atoms with Crippen molar-refractivity contribution in [3.05, 3.63) is 29.8 Å². The molecule has 0 heterocycles. The standard InChI is InChI=1S/C15H21F3N2O2/c1-3-4-9-19-14(21)11-20(2)10-12-5-7-13(8-6-12)22-15(16,17)18/h5-8H,3-4,9-11H2,1-2H3,(H,19,21). The second-order valence-corrected chi connectivity index (χ2v) is 5.07. The number of hydrogen-bond acceptors (Lipinski definition) is 3. The zero-order valence-electron chi connectivity index (χ0n) is 12.7. The van der Waals surface area contributed by atoms with Crippen molar-refractivity contribution in [3.63, 3.8) is 0 Å². The second kappa shape index (κ2) is 8.63. The molecular formula is C15H21F3N2O2. The summed E-state index contributed by atoms with van der Waals surface area (Å²) in [7, 11) is 1.78. The lowest BCUT2D eigenvalue weighted by Gasteiger charge is -2.16. The Morgan fingerprint density at radius 2 is 1.91 bits per heavy atom. The smallest absolute Gasteiger partial charge is 0.406 e. The minimum atomic E-state index is -4.69. The molecule has 7 heteroatoms. The van der Waals surface area contributed by atoms with Gasteiger partial charge in [-0.1, -0.05) is 25.5 Å². The molecule has 124 valence electrons. The van der Waals surface area contributed by atoms with Crippen LogP contribution in [0.25, 0.3) is 0 Å². The van der Waals surface area contributed by atoms with Crippen molar-refractivity contribution in [1.82, 2.24) is 10.2 Å². The molecule has 0 bridgehead atoms. The Kier molecular flexibility index (Phi) is 7.17. The van der Waals surface area contributed by atoms with Crippen LogP contribution in [0.1, 0.15) is 25.3 Å². The van der Waals surface area contributed by atoms with Gasteiger partial charge in [-0.3, -0.25) is 9.69 Å². The van der Waals surface area contributed by atoms with Crippen LogP contribution in [0.5, 0.6) is 5.75 Å². The number of rotatable bonds is 8. The number of likely N-dealkylation sites (N-methyl/N-ethyl adjacent to an activating group) is 1. The van der Waals surface area contributed by atoms with Crippen LogP contribution in [-0.2, 0) is 11.3 Å². The summed E-state index contributed by atoms with van der Waals surface area (Å²) in [4.78, 5) is 13.4. The second-order valence-electron chi connectivity index (χ2n) is 5.07. The van der Waals surface area contributed by atoms with Crippen molar-refractivity contribution >= 4 is 5.91 Å². The van der Waals surface area contributed by atoms with E-state index in [1.807, 2.05) is 6.92 Å². The molecule has 0 aromatic heterocycles. The van der Waals surface area contributed by atoms with Gasteiger partial charge in [0.15, 0.2) is 0 Å². The molecule has 1 rings (SSSR count). The van der Waals surface area contributed by atoms with Gasteiger partial charge in [0.25, 0.3) is 0 Å². The summed E-state index contributed by atoms with van der Waals surface area (Å²) < 4.78 is 39.9. The Morgan fingerprint density at radius 1 is 1.27 bits per heavy atom. The molecule has 0 fully saturated rings. The van der Waals surface area contributed by atoms with Crippen molar-refractivity contribution in [3.8, 4) is 5.75 Å². The molecule has 0 saturated carbocycles. The lowest BCUT2D eigenvalue weighted by molar-refractivity contribution is -0.274. The summed E-state index contributed by atoms with van der Waals surface area (Å²) in [5, 5.41) is 2.81. The molecule has 1 aromatic carbocycles. The number of halogens is 3. The highest BCUT2D eigenvalue weighted by Gasteiger charge is 2.30. The number of carbonyl (C=O) groups excluding carboxylic acids is 1. The van der Waals surface area contributed by atoms with E-state index < -0.39 is 6.36 Å². The molecule has 0 atom stereocenters. The molecule has 0 saturated heterocycles.